The molecule has 0 unspecified atom stereocenters. The second-order valence-corrected chi connectivity index (χ2v) is 12.1. The van der Waals surface area contributed by atoms with Crippen molar-refractivity contribution in [2.75, 3.05) is 4.90 Å². The normalized spacial score (nSPS) is 10.9. The molecule has 0 fully saturated rings. The Morgan fingerprint density at radius 1 is 0.224 bits per heavy atom. The lowest BCUT2D eigenvalue weighted by Crippen LogP contribution is -2.09. The van der Waals surface area contributed by atoms with Crippen molar-refractivity contribution in [3.8, 4) is 55.6 Å². The highest BCUT2D eigenvalue weighted by atomic mass is 15.1. The molecular weight excluding hydrogens is 591 g/mol. The predicted octanol–water partition coefficient (Wildman–Crippen LogP) is 13.5. The van der Waals surface area contributed by atoms with E-state index in [9.17, 15) is 0 Å². The smallest absolute Gasteiger partial charge is 0.0467 e. The number of benzene rings is 8. The summed E-state index contributed by atoms with van der Waals surface area (Å²) in [4.78, 5) is 2.34. The molecule has 0 aliphatic rings. The van der Waals surface area contributed by atoms with Crippen molar-refractivity contribution in [1.29, 1.82) is 0 Å². The van der Waals surface area contributed by atoms with Crippen LogP contribution in [0, 0.1) is 0 Å². The fourth-order valence-corrected chi connectivity index (χ4v) is 6.78. The SMILES string of the molecule is c1ccc(-c2ccc(N(c3ccccc3)c3cccc(-c4cccc(-c5ccccc5)c4-c4ccccc4-c4ccccc4)c3)cc2)cc1. The molecule has 0 heterocycles. The summed E-state index contributed by atoms with van der Waals surface area (Å²) < 4.78 is 0. The lowest BCUT2D eigenvalue weighted by molar-refractivity contribution is 1.28. The van der Waals surface area contributed by atoms with Gasteiger partial charge in [-0.3, -0.25) is 0 Å². The van der Waals surface area contributed by atoms with Gasteiger partial charge in [0.25, 0.3) is 0 Å². The molecule has 1 nitrogen and oxygen atoms in total. The summed E-state index contributed by atoms with van der Waals surface area (Å²) >= 11 is 0. The Balaban J connectivity index is 1.30. The summed E-state index contributed by atoms with van der Waals surface area (Å²) in [6.07, 6.45) is 0. The van der Waals surface area contributed by atoms with Crippen LogP contribution in [0.2, 0.25) is 0 Å². The summed E-state index contributed by atoms with van der Waals surface area (Å²) in [6, 6.07) is 76.0. The Morgan fingerprint density at radius 3 is 1.24 bits per heavy atom. The molecule has 0 aliphatic heterocycles. The molecule has 0 aliphatic carbocycles. The Bertz CT molecular complexity index is 2290. The van der Waals surface area contributed by atoms with Gasteiger partial charge in [0.15, 0.2) is 0 Å². The van der Waals surface area contributed by atoms with E-state index in [4.69, 9.17) is 0 Å². The quantitative estimate of drug-likeness (QED) is 0.162. The number of hydrogen-bond acceptors (Lipinski definition) is 1. The van der Waals surface area contributed by atoms with Crippen molar-refractivity contribution < 1.29 is 0 Å². The van der Waals surface area contributed by atoms with E-state index in [0.29, 0.717) is 0 Å². The first kappa shape index (κ1) is 29.9. The second kappa shape index (κ2) is 13.7. The first-order valence-corrected chi connectivity index (χ1v) is 16.8. The van der Waals surface area contributed by atoms with Crippen molar-refractivity contribution >= 4 is 17.1 Å². The zero-order valence-corrected chi connectivity index (χ0v) is 27.2. The van der Waals surface area contributed by atoms with Crippen LogP contribution >= 0.6 is 0 Å². The summed E-state index contributed by atoms with van der Waals surface area (Å²) in [7, 11) is 0. The van der Waals surface area contributed by atoms with E-state index >= 15 is 0 Å². The van der Waals surface area contributed by atoms with Crippen LogP contribution in [0.5, 0.6) is 0 Å². The van der Waals surface area contributed by atoms with E-state index in [0.717, 1.165) is 22.6 Å². The zero-order valence-electron chi connectivity index (χ0n) is 27.2. The number of anilines is 3. The highest BCUT2D eigenvalue weighted by Crippen LogP contribution is 2.45. The molecule has 232 valence electrons. The van der Waals surface area contributed by atoms with Crippen LogP contribution in [0.1, 0.15) is 0 Å². The molecule has 49 heavy (non-hydrogen) atoms. The van der Waals surface area contributed by atoms with Crippen molar-refractivity contribution in [1.82, 2.24) is 0 Å². The lowest BCUT2D eigenvalue weighted by atomic mass is 9.84. The van der Waals surface area contributed by atoms with Gasteiger partial charge in [0, 0.05) is 17.1 Å². The molecule has 0 saturated heterocycles. The minimum absolute atomic E-state index is 1.10. The molecule has 0 bridgehead atoms. The van der Waals surface area contributed by atoms with E-state index < -0.39 is 0 Å². The standard InChI is InChI=1S/C48H35N/c1-5-17-36(18-6-1)37-31-33-42(34-32-37)49(41-24-11-4-12-25-41)43-26-15-23-40(35-43)46-30-16-29-45(39-21-9-3-10-22-39)48(46)47-28-14-13-27-44(47)38-19-7-2-8-20-38/h1-35H. The monoisotopic (exact) mass is 625 g/mol. The Hall–Kier alpha value is -6.44. The number of rotatable bonds is 8. The highest BCUT2D eigenvalue weighted by molar-refractivity contribution is 6.00. The minimum atomic E-state index is 1.10. The highest BCUT2D eigenvalue weighted by Gasteiger charge is 2.19. The second-order valence-electron chi connectivity index (χ2n) is 12.1. The topological polar surface area (TPSA) is 3.24 Å². The van der Waals surface area contributed by atoms with Crippen LogP contribution in [-0.4, -0.2) is 0 Å². The largest absolute Gasteiger partial charge is 0.310 e. The number of para-hydroxylation sites is 1. The third-order valence-corrected chi connectivity index (χ3v) is 9.09. The predicted molar refractivity (Wildman–Crippen MR) is 208 cm³/mol. The Kier molecular flexibility index (Phi) is 8.39. The van der Waals surface area contributed by atoms with E-state index in [-0.39, 0.29) is 0 Å². The van der Waals surface area contributed by atoms with Gasteiger partial charge in [0.05, 0.1) is 0 Å². The van der Waals surface area contributed by atoms with E-state index in [2.05, 4.69) is 217 Å². The van der Waals surface area contributed by atoms with Crippen LogP contribution in [-0.2, 0) is 0 Å². The van der Waals surface area contributed by atoms with Gasteiger partial charge in [-0.15, -0.1) is 0 Å². The molecule has 0 atom stereocenters. The maximum atomic E-state index is 2.34. The first-order chi connectivity index (χ1) is 24.3. The lowest BCUT2D eigenvalue weighted by Gasteiger charge is -2.26. The zero-order chi connectivity index (χ0) is 32.8. The van der Waals surface area contributed by atoms with Crippen LogP contribution in [0.3, 0.4) is 0 Å². The summed E-state index contributed by atoms with van der Waals surface area (Å²) in [6.45, 7) is 0. The van der Waals surface area contributed by atoms with E-state index in [1.807, 2.05) is 0 Å². The molecule has 1 heteroatoms. The summed E-state index contributed by atoms with van der Waals surface area (Å²) in [5.41, 5.74) is 15.4. The molecule has 0 amide bonds. The minimum Gasteiger partial charge on any atom is -0.310 e. The van der Waals surface area contributed by atoms with Crippen LogP contribution in [0.25, 0.3) is 55.6 Å². The van der Waals surface area contributed by atoms with Gasteiger partial charge >= 0.3 is 0 Å². The van der Waals surface area contributed by atoms with Crippen molar-refractivity contribution in [3.63, 3.8) is 0 Å². The first-order valence-electron chi connectivity index (χ1n) is 16.8. The van der Waals surface area contributed by atoms with Gasteiger partial charge in [-0.1, -0.05) is 176 Å². The molecule has 0 spiro atoms. The fraction of sp³-hybridized carbons (Fsp3) is 0. The van der Waals surface area contributed by atoms with E-state index in [1.54, 1.807) is 0 Å². The van der Waals surface area contributed by atoms with Gasteiger partial charge in [-0.2, -0.15) is 0 Å². The van der Waals surface area contributed by atoms with Crippen molar-refractivity contribution in [2.24, 2.45) is 0 Å². The van der Waals surface area contributed by atoms with Gasteiger partial charge in [0.2, 0.25) is 0 Å². The Labute approximate surface area is 289 Å². The average molecular weight is 626 g/mol. The van der Waals surface area contributed by atoms with Crippen LogP contribution in [0.15, 0.2) is 212 Å². The molecular formula is C48H35N. The maximum absolute atomic E-state index is 2.34. The van der Waals surface area contributed by atoms with Gasteiger partial charge < -0.3 is 4.90 Å². The van der Waals surface area contributed by atoms with Gasteiger partial charge in [0.1, 0.15) is 0 Å². The number of nitrogens with zero attached hydrogens (tertiary/aromatic N) is 1. The van der Waals surface area contributed by atoms with Crippen molar-refractivity contribution in [2.45, 2.75) is 0 Å². The van der Waals surface area contributed by atoms with Crippen LogP contribution in [0.4, 0.5) is 17.1 Å². The van der Waals surface area contributed by atoms with Gasteiger partial charge in [-0.05, 0) is 92.0 Å². The molecule has 8 aromatic carbocycles. The average Bonchev–Trinajstić information content (AvgIpc) is 3.19. The van der Waals surface area contributed by atoms with Crippen LogP contribution < -0.4 is 4.90 Å². The number of hydrogen-bond donors (Lipinski definition) is 0. The molecule has 0 radical (unpaired) electrons. The summed E-state index contributed by atoms with van der Waals surface area (Å²) in [5, 5.41) is 0. The molecule has 0 saturated carbocycles. The Morgan fingerprint density at radius 2 is 0.612 bits per heavy atom. The molecule has 8 rings (SSSR count). The molecule has 0 N–H and O–H groups in total. The summed E-state index contributed by atoms with van der Waals surface area (Å²) in [5.74, 6) is 0. The van der Waals surface area contributed by atoms with Gasteiger partial charge in [-0.25, -0.2) is 0 Å². The molecule has 8 aromatic rings. The molecule has 0 aromatic heterocycles. The fourth-order valence-electron chi connectivity index (χ4n) is 6.78. The van der Waals surface area contributed by atoms with Crippen molar-refractivity contribution in [3.05, 3.63) is 212 Å². The maximum Gasteiger partial charge on any atom is 0.0467 e. The third kappa shape index (κ3) is 6.18. The third-order valence-electron chi connectivity index (χ3n) is 9.09. The van der Waals surface area contributed by atoms with E-state index in [1.165, 1.54) is 50.1 Å².